The molecule has 1 saturated carbocycles. The lowest BCUT2D eigenvalue weighted by molar-refractivity contribution is 0.0922. The molecule has 1 aromatic rings. The van der Waals surface area contributed by atoms with Crippen molar-refractivity contribution in [1.29, 1.82) is 0 Å². The number of aryl methyl sites for hydroxylation is 1. The van der Waals surface area contributed by atoms with Crippen molar-refractivity contribution in [1.82, 2.24) is 19.6 Å². The maximum Gasteiger partial charge on any atom is 0.254 e. The summed E-state index contributed by atoms with van der Waals surface area (Å²) >= 11 is 0. The van der Waals surface area contributed by atoms with Crippen LogP contribution in [0.4, 0.5) is 0 Å². The minimum absolute atomic E-state index is 0.00179. The van der Waals surface area contributed by atoms with Crippen molar-refractivity contribution in [2.75, 3.05) is 13.1 Å². The molecule has 8 heteroatoms. The molecule has 1 aromatic heterocycles. The van der Waals surface area contributed by atoms with Crippen LogP contribution in [-0.2, 0) is 16.4 Å². The van der Waals surface area contributed by atoms with E-state index >= 15 is 0 Å². The predicted octanol–water partition coefficient (Wildman–Crippen LogP) is 0.725. The number of hydrogen-bond acceptors (Lipinski definition) is 5. The molecule has 0 spiro atoms. The van der Waals surface area contributed by atoms with Gasteiger partial charge < -0.3 is 5.32 Å². The van der Waals surface area contributed by atoms with Gasteiger partial charge >= 0.3 is 0 Å². The lowest BCUT2D eigenvalue weighted by Gasteiger charge is -2.31. The first-order valence-electron chi connectivity index (χ1n) is 8.11. The third kappa shape index (κ3) is 3.53. The molecule has 1 N–H and O–H groups in total. The molecule has 2 aliphatic rings. The summed E-state index contributed by atoms with van der Waals surface area (Å²) in [5.41, 5.74) is 1.23. The number of rotatable bonds is 5. The third-order valence-corrected chi connectivity index (χ3v) is 6.87. The topological polar surface area (TPSA) is 92.3 Å². The van der Waals surface area contributed by atoms with Gasteiger partial charge in [0.1, 0.15) is 6.33 Å². The number of sulfonamides is 1. The number of piperidine rings is 1. The Morgan fingerprint density at radius 2 is 2.00 bits per heavy atom. The molecule has 1 aliphatic heterocycles. The summed E-state index contributed by atoms with van der Waals surface area (Å²) in [6, 6.07) is -0.00179. The number of aromatic nitrogens is 2. The predicted molar refractivity (Wildman–Crippen MR) is 85.4 cm³/mol. The summed E-state index contributed by atoms with van der Waals surface area (Å²) < 4.78 is 26.0. The Morgan fingerprint density at radius 3 is 2.61 bits per heavy atom. The second-order valence-electron chi connectivity index (χ2n) is 6.13. The number of nitrogens with one attached hydrogen (secondary N) is 1. The van der Waals surface area contributed by atoms with Gasteiger partial charge in [-0.2, -0.15) is 0 Å². The maximum atomic E-state index is 12.4. The van der Waals surface area contributed by atoms with Crippen molar-refractivity contribution in [2.24, 2.45) is 0 Å². The van der Waals surface area contributed by atoms with Crippen molar-refractivity contribution in [3.8, 4) is 0 Å². The van der Waals surface area contributed by atoms with Crippen LogP contribution in [0.15, 0.2) is 12.5 Å². The van der Waals surface area contributed by atoms with E-state index in [0.29, 0.717) is 37.9 Å². The van der Waals surface area contributed by atoms with Crippen LogP contribution >= 0.6 is 0 Å². The van der Waals surface area contributed by atoms with Crippen LogP contribution in [0.2, 0.25) is 0 Å². The standard InChI is InChI=1S/C15H22N4O3S/c1-2-14-13(9-16-10-17-14)15(20)18-11-5-7-19(8-6-11)23(21,22)12-3-4-12/h9-12H,2-8H2,1H3,(H,18,20). The highest BCUT2D eigenvalue weighted by atomic mass is 32.2. The maximum absolute atomic E-state index is 12.4. The third-order valence-electron chi connectivity index (χ3n) is 4.47. The molecule has 0 aromatic carbocycles. The highest BCUT2D eigenvalue weighted by Crippen LogP contribution is 2.32. The van der Waals surface area contributed by atoms with Crippen LogP contribution in [0.3, 0.4) is 0 Å². The molecule has 0 atom stereocenters. The van der Waals surface area contributed by atoms with Gasteiger partial charge in [-0.1, -0.05) is 6.92 Å². The molecule has 2 heterocycles. The van der Waals surface area contributed by atoms with Gasteiger partial charge in [0.15, 0.2) is 0 Å². The summed E-state index contributed by atoms with van der Waals surface area (Å²) in [5.74, 6) is -0.175. The first-order valence-corrected chi connectivity index (χ1v) is 9.61. The van der Waals surface area contributed by atoms with Crippen molar-refractivity contribution in [2.45, 2.75) is 50.3 Å². The number of carbonyl (C=O) groups is 1. The minimum Gasteiger partial charge on any atom is -0.349 e. The molecule has 2 fully saturated rings. The van der Waals surface area contributed by atoms with E-state index in [4.69, 9.17) is 0 Å². The summed E-state index contributed by atoms with van der Waals surface area (Å²) in [4.78, 5) is 20.4. The molecule has 1 aliphatic carbocycles. The SMILES string of the molecule is CCc1ncncc1C(=O)NC1CCN(S(=O)(=O)C2CC2)CC1. The fourth-order valence-corrected chi connectivity index (χ4v) is 4.79. The summed E-state index contributed by atoms with van der Waals surface area (Å²) in [6.45, 7) is 2.91. The molecule has 7 nitrogen and oxygen atoms in total. The average Bonchev–Trinajstić information content (AvgIpc) is 3.40. The Labute approximate surface area is 136 Å². The van der Waals surface area contributed by atoms with E-state index in [2.05, 4.69) is 15.3 Å². The monoisotopic (exact) mass is 338 g/mol. The molecule has 0 unspecified atom stereocenters. The van der Waals surface area contributed by atoms with Crippen molar-refractivity contribution >= 4 is 15.9 Å². The Bertz CT molecular complexity index is 680. The van der Waals surface area contributed by atoms with Crippen molar-refractivity contribution in [3.05, 3.63) is 23.8 Å². The first kappa shape index (κ1) is 16.3. The van der Waals surface area contributed by atoms with E-state index in [1.54, 1.807) is 4.31 Å². The summed E-state index contributed by atoms with van der Waals surface area (Å²) in [7, 11) is -3.10. The molecule has 0 radical (unpaired) electrons. The zero-order valence-corrected chi connectivity index (χ0v) is 14.1. The van der Waals surface area contributed by atoms with Crippen molar-refractivity contribution in [3.63, 3.8) is 0 Å². The molecular formula is C15H22N4O3S. The average molecular weight is 338 g/mol. The van der Waals surface area contributed by atoms with Gasteiger partial charge in [0.05, 0.1) is 16.5 Å². The number of nitrogens with zero attached hydrogens (tertiary/aromatic N) is 3. The van der Waals surface area contributed by atoms with E-state index in [0.717, 1.165) is 18.5 Å². The lowest BCUT2D eigenvalue weighted by Crippen LogP contribution is -2.47. The van der Waals surface area contributed by atoms with Crippen LogP contribution in [0, 0.1) is 0 Å². The number of amides is 1. The van der Waals surface area contributed by atoms with Gasteiger partial charge in [-0.25, -0.2) is 22.7 Å². The Hall–Kier alpha value is -1.54. The van der Waals surface area contributed by atoms with Gasteiger partial charge in [-0.3, -0.25) is 4.79 Å². The van der Waals surface area contributed by atoms with Crippen LogP contribution in [0.25, 0.3) is 0 Å². The first-order chi connectivity index (χ1) is 11.0. The van der Waals surface area contributed by atoms with Gasteiger partial charge in [-0.15, -0.1) is 0 Å². The van der Waals surface area contributed by atoms with Crippen LogP contribution in [0.5, 0.6) is 0 Å². The Morgan fingerprint density at radius 1 is 1.30 bits per heavy atom. The summed E-state index contributed by atoms with van der Waals surface area (Å²) in [6.07, 6.45) is 6.51. The molecule has 0 bridgehead atoms. The molecule has 3 rings (SSSR count). The minimum atomic E-state index is -3.10. The highest BCUT2D eigenvalue weighted by Gasteiger charge is 2.41. The molecule has 1 amide bonds. The van der Waals surface area contributed by atoms with Gasteiger partial charge in [0.25, 0.3) is 5.91 Å². The molecule has 23 heavy (non-hydrogen) atoms. The van der Waals surface area contributed by atoms with E-state index in [1.165, 1.54) is 12.5 Å². The van der Waals surface area contributed by atoms with Gasteiger partial charge in [0, 0.05) is 25.3 Å². The fourth-order valence-electron chi connectivity index (χ4n) is 2.92. The van der Waals surface area contributed by atoms with Crippen LogP contribution in [0.1, 0.15) is 48.7 Å². The highest BCUT2D eigenvalue weighted by molar-refractivity contribution is 7.90. The Balaban J connectivity index is 1.57. The lowest BCUT2D eigenvalue weighted by atomic mass is 10.1. The van der Waals surface area contributed by atoms with Crippen LogP contribution in [-0.4, -0.2) is 53.0 Å². The van der Waals surface area contributed by atoms with E-state index in [-0.39, 0.29) is 17.2 Å². The largest absolute Gasteiger partial charge is 0.349 e. The number of carbonyl (C=O) groups excluding carboxylic acids is 1. The zero-order chi connectivity index (χ0) is 16.4. The van der Waals surface area contributed by atoms with E-state index in [1.807, 2.05) is 6.92 Å². The summed E-state index contributed by atoms with van der Waals surface area (Å²) in [5, 5.41) is 2.82. The van der Waals surface area contributed by atoms with Crippen LogP contribution < -0.4 is 5.32 Å². The molecule has 1 saturated heterocycles. The molecule has 126 valence electrons. The van der Waals surface area contributed by atoms with E-state index in [9.17, 15) is 13.2 Å². The normalized spacial score (nSPS) is 20.4. The second-order valence-corrected chi connectivity index (χ2v) is 8.34. The van der Waals surface area contributed by atoms with Gasteiger partial charge in [0.2, 0.25) is 10.0 Å². The second kappa shape index (κ2) is 6.52. The fraction of sp³-hybridized carbons (Fsp3) is 0.667. The van der Waals surface area contributed by atoms with Gasteiger partial charge in [-0.05, 0) is 32.1 Å². The van der Waals surface area contributed by atoms with Crippen molar-refractivity contribution < 1.29 is 13.2 Å². The van der Waals surface area contributed by atoms with E-state index < -0.39 is 10.0 Å². The molecular weight excluding hydrogens is 316 g/mol. The smallest absolute Gasteiger partial charge is 0.254 e. The number of hydrogen-bond donors (Lipinski definition) is 1. The Kier molecular flexibility index (Phi) is 4.63. The zero-order valence-electron chi connectivity index (χ0n) is 13.2. The quantitative estimate of drug-likeness (QED) is 0.854.